The van der Waals surface area contributed by atoms with Gasteiger partial charge in [0.25, 0.3) is 0 Å². The summed E-state index contributed by atoms with van der Waals surface area (Å²) in [5, 5.41) is 0. The molecule has 0 saturated carbocycles. The first-order valence-corrected chi connectivity index (χ1v) is 9.83. The van der Waals surface area contributed by atoms with Crippen molar-refractivity contribution < 1.29 is 9.53 Å². The van der Waals surface area contributed by atoms with E-state index in [-0.39, 0.29) is 6.09 Å². The Balaban J connectivity index is 1.56. The van der Waals surface area contributed by atoms with Gasteiger partial charge >= 0.3 is 6.09 Å². The third-order valence-electron chi connectivity index (χ3n) is 4.79. The van der Waals surface area contributed by atoms with Crippen molar-refractivity contribution in [3.8, 4) is 11.3 Å². The van der Waals surface area contributed by atoms with Crippen molar-refractivity contribution in [2.75, 3.05) is 38.5 Å². The minimum Gasteiger partial charge on any atom is -0.444 e. The summed E-state index contributed by atoms with van der Waals surface area (Å²) in [7, 11) is 0. The van der Waals surface area contributed by atoms with Crippen LogP contribution in [-0.4, -0.2) is 59.2 Å². The third-order valence-corrected chi connectivity index (χ3v) is 4.79. The highest BCUT2D eigenvalue weighted by molar-refractivity contribution is 5.68. The zero-order chi connectivity index (χ0) is 20.1. The van der Waals surface area contributed by atoms with Gasteiger partial charge in [-0.25, -0.2) is 9.78 Å². The lowest BCUT2D eigenvalue weighted by Crippen LogP contribution is -2.50. The minimum atomic E-state index is -0.452. The molecule has 3 rings (SSSR count). The average molecular weight is 383 g/mol. The molecular weight excluding hydrogens is 352 g/mol. The Morgan fingerprint density at radius 1 is 1.07 bits per heavy atom. The molecule has 0 atom stereocenters. The molecule has 2 heterocycles. The summed E-state index contributed by atoms with van der Waals surface area (Å²) in [4.78, 5) is 20.9. The number of aromatic nitrogens is 1. The predicted molar refractivity (Wildman–Crippen MR) is 112 cm³/mol. The topological polar surface area (TPSA) is 71.7 Å². The molecule has 0 aliphatic carbocycles. The van der Waals surface area contributed by atoms with Gasteiger partial charge in [0.15, 0.2) is 0 Å². The molecule has 6 heteroatoms. The van der Waals surface area contributed by atoms with E-state index < -0.39 is 5.60 Å². The number of nitrogens with two attached hydrogens (primary N) is 1. The number of carbonyl (C=O) groups excluding carboxylic acids is 1. The van der Waals surface area contributed by atoms with Crippen LogP contribution in [0.25, 0.3) is 11.3 Å². The Morgan fingerprint density at radius 2 is 1.79 bits per heavy atom. The van der Waals surface area contributed by atoms with Gasteiger partial charge in [0, 0.05) is 38.3 Å². The number of nitrogens with zero attached hydrogens (tertiary/aromatic N) is 3. The van der Waals surface area contributed by atoms with E-state index in [2.05, 4.69) is 28.1 Å². The van der Waals surface area contributed by atoms with Crippen molar-refractivity contribution in [1.29, 1.82) is 0 Å². The minimum absolute atomic E-state index is 0.217. The SMILES string of the molecule is CC(C)(C)OC(=O)N1CCN(CCc2ccccc2-c2cccc(N)n2)CC1. The van der Waals surface area contributed by atoms with E-state index in [4.69, 9.17) is 10.5 Å². The molecule has 28 heavy (non-hydrogen) atoms. The molecule has 0 radical (unpaired) electrons. The normalized spacial score (nSPS) is 15.5. The lowest BCUT2D eigenvalue weighted by molar-refractivity contribution is 0.0146. The number of hydrogen-bond acceptors (Lipinski definition) is 5. The Labute approximate surface area is 167 Å². The van der Waals surface area contributed by atoms with Crippen molar-refractivity contribution in [3.63, 3.8) is 0 Å². The van der Waals surface area contributed by atoms with Crippen molar-refractivity contribution in [3.05, 3.63) is 48.0 Å². The lowest BCUT2D eigenvalue weighted by atomic mass is 10.0. The number of benzene rings is 1. The van der Waals surface area contributed by atoms with E-state index in [1.165, 1.54) is 5.56 Å². The molecule has 1 aliphatic heterocycles. The van der Waals surface area contributed by atoms with E-state index >= 15 is 0 Å². The Kier molecular flexibility index (Phi) is 6.19. The highest BCUT2D eigenvalue weighted by Gasteiger charge is 2.25. The fourth-order valence-corrected chi connectivity index (χ4v) is 3.35. The number of amides is 1. The molecule has 1 amide bonds. The Morgan fingerprint density at radius 3 is 2.46 bits per heavy atom. The van der Waals surface area contributed by atoms with E-state index in [1.807, 2.05) is 39.0 Å². The molecule has 0 unspecified atom stereocenters. The zero-order valence-electron chi connectivity index (χ0n) is 17.0. The van der Waals surface area contributed by atoms with Gasteiger partial charge in [0.2, 0.25) is 0 Å². The molecule has 2 aromatic rings. The van der Waals surface area contributed by atoms with Gasteiger partial charge < -0.3 is 15.4 Å². The Bertz CT molecular complexity index is 808. The van der Waals surface area contributed by atoms with Crippen LogP contribution in [0.2, 0.25) is 0 Å². The summed E-state index contributed by atoms with van der Waals surface area (Å²) in [6.45, 7) is 9.76. The van der Waals surface area contributed by atoms with E-state index in [9.17, 15) is 4.79 Å². The van der Waals surface area contributed by atoms with E-state index in [0.717, 1.165) is 37.3 Å². The van der Waals surface area contributed by atoms with E-state index in [0.29, 0.717) is 18.9 Å². The highest BCUT2D eigenvalue weighted by Crippen LogP contribution is 2.23. The molecule has 150 valence electrons. The van der Waals surface area contributed by atoms with Crippen molar-refractivity contribution in [2.24, 2.45) is 0 Å². The maximum atomic E-state index is 12.2. The van der Waals surface area contributed by atoms with Gasteiger partial charge in [-0.3, -0.25) is 4.90 Å². The van der Waals surface area contributed by atoms with Crippen molar-refractivity contribution in [1.82, 2.24) is 14.8 Å². The Hall–Kier alpha value is -2.60. The number of carbonyl (C=O) groups is 1. The molecule has 0 bridgehead atoms. The first kappa shape index (κ1) is 20.1. The largest absolute Gasteiger partial charge is 0.444 e. The summed E-state index contributed by atoms with van der Waals surface area (Å²) in [5.41, 5.74) is 8.69. The second-order valence-corrected chi connectivity index (χ2v) is 8.16. The third kappa shape index (κ3) is 5.45. The van der Waals surface area contributed by atoms with Crippen LogP contribution in [0.5, 0.6) is 0 Å². The maximum absolute atomic E-state index is 12.2. The fraction of sp³-hybridized carbons (Fsp3) is 0.455. The molecule has 1 fully saturated rings. The van der Waals surface area contributed by atoms with Crippen LogP contribution in [0, 0.1) is 0 Å². The number of piperazine rings is 1. The number of anilines is 1. The van der Waals surface area contributed by atoms with Crippen LogP contribution in [0.4, 0.5) is 10.6 Å². The standard InChI is InChI=1S/C22H30N4O2/c1-22(2,3)28-21(27)26-15-13-25(14-16-26)12-11-17-7-4-5-8-18(17)19-9-6-10-20(23)24-19/h4-10H,11-16H2,1-3H3,(H2,23,24). The average Bonchev–Trinajstić information content (AvgIpc) is 2.66. The van der Waals surface area contributed by atoms with Gasteiger partial charge in [-0.2, -0.15) is 0 Å². The van der Waals surface area contributed by atoms with Crippen LogP contribution < -0.4 is 5.73 Å². The summed E-state index contributed by atoms with van der Waals surface area (Å²) in [5.74, 6) is 0.533. The predicted octanol–water partition coefficient (Wildman–Crippen LogP) is 3.43. The van der Waals surface area contributed by atoms with Crippen LogP contribution in [0.3, 0.4) is 0 Å². The number of pyridine rings is 1. The number of nitrogen functional groups attached to an aromatic ring is 1. The molecule has 1 aliphatic rings. The summed E-state index contributed by atoms with van der Waals surface area (Å²) in [6.07, 6.45) is 0.712. The molecular formula is C22H30N4O2. The van der Waals surface area contributed by atoms with Crippen molar-refractivity contribution >= 4 is 11.9 Å². The molecule has 6 nitrogen and oxygen atoms in total. The summed E-state index contributed by atoms with van der Waals surface area (Å²) < 4.78 is 5.47. The molecule has 1 aromatic carbocycles. The zero-order valence-corrected chi connectivity index (χ0v) is 17.0. The lowest BCUT2D eigenvalue weighted by Gasteiger charge is -2.35. The second-order valence-electron chi connectivity index (χ2n) is 8.16. The number of rotatable bonds is 4. The molecule has 2 N–H and O–H groups in total. The van der Waals surface area contributed by atoms with Crippen LogP contribution in [-0.2, 0) is 11.2 Å². The van der Waals surface area contributed by atoms with Gasteiger partial charge in [-0.1, -0.05) is 30.3 Å². The van der Waals surface area contributed by atoms with Gasteiger partial charge in [0.1, 0.15) is 11.4 Å². The number of ether oxygens (including phenoxy) is 1. The van der Waals surface area contributed by atoms with Gasteiger partial charge in [-0.05, 0) is 44.9 Å². The molecule has 1 saturated heterocycles. The van der Waals surface area contributed by atoms with Crippen LogP contribution >= 0.6 is 0 Å². The number of hydrogen-bond donors (Lipinski definition) is 1. The first-order valence-electron chi connectivity index (χ1n) is 9.83. The van der Waals surface area contributed by atoms with E-state index in [1.54, 1.807) is 11.0 Å². The van der Waals surface area contributed by atoms with Gasteiger partial charge in [-0.15, -0.1) is 0 Å². The molecule has 1 aromatic heterocycles. The summed E-state index contributed by atoms with van der Waals surface area (Å²) >= 11 is 0. The molecule has 0 spiro atoms. The van der Waals surface area contributed by atoms with Gasteiger partial charge in [0.05, 0.1) is 5.69 Å². The maximum Gasteiger partial charge on any atom is 0.410 e. The van der Waals surface area contributed by atoms with Crippen molar-refractivity contribution in [2.45, 2.75) is 32.8 Å². The monoisotopic (exact) mass is 382 g/mol. The first-order chi connectivity index (χ1) is 13.3. The quantitative estimate of drug-likeness (QED) is 0.877. The highest BCUT2D eigenvalue weighted by atomic mass is 16.6. The van der Waals surface area contributed by atoms with Crippen LogP contribution in [0.1, 0.15) is 26.3 Å². The smallest absolute Gasteiger partial charge is 0.410 e. The second kappa shape index (κ2) is 8.61. The fourth-order valence-electron chi connectivity index (χ4n) is 3.35. The summed E-state index contributed by atoms with van der Waals surface area (Å²) in [6, 6.07) is 14.1. The van der Waals surface area contributed by atoms with Crippen LogP contribution in [0.15, 0.2) is 42.5 Å².